The summed E-state index contributed by atoms with van der Waals surface area (Å²) in [6, 6.07) is 9.03. The van der Waals surface area contributed by atoms with Gasteiger partial charge in [0.1, 0.15) is 6.61 Å². The number of hydrogen-bond acceptors (Lipinski definition) is 3. The SMILES string of the molecule is CCCNCCOC(=O)c1ccccc1. The van der Waals surface area contributed by atoms with E-state index < -0.39 is 0 Å². The lowest BCUT2D eigenvalue weighted by atomic mass is 10.2. The lowest BCUT2D eigenvalue weighted by Gasteiger charge is -2.05. The Labute approximate surface area is 90.4 Å². The van der Waals surface area contributed by atoms with Crippen LogP contribution in [0.3, 0.4) is 0 Å². The van der Waals surface area contributed by atoms with Crippen LogP contribution in [-0.2, 0) is 4.74 Å². The minimum atomic E-state index is -0.256. The summed E-state index contributed by atoms with van der Waals surface area (Å²) in [5.41, 5.74) is 0.605. The maximum atomic E-state index is 11.4. The van der Waals surface area contributed by atoms with E-state index in [9.17, 15) is 4.79 Å². The van der Waals surface area contributed by atoms with Crippen molar-refractivity contribution in [2.75, 3.05) is 19.7 Å². The Morgan fingerprint density at radius 2 is 2.00 bits per heavy atom. The van der Waals surface area contributed by atoms with Gasteiger partial charge in [0.05, 0.1) is 5.56 Å². The fourth-order valence-electron chi connectivity index (χ4n) is 1.18. The smallest absolute Gasteiger partial charge is 0.338 e. The summed E-state index contributed by atoms with van der Waals surface area (Å²) in [5, 5.41) is 3.16. The Kier molecular flexibility index (Phi) is 5.48. The minimum Gasteiger partial charge on any atom is -0.461 e. The molecule has 0 atom stereocenters. The van der Waals surface area contributed by atoms with Crippen LogP contribution in [0.5, 0.6) is 0 Å². The topological polar surface area (TPSA) is 38.3 Å². The molecule has 1 N–H and O–H groups in total. The van der Waals surface area contributed by atoms with Crippen LogP contribution >= 0.6 is 0 Å². The van der Waals surface area contributed by atoms with Crippen molar-refractivity contribution in [3.8, 4) is 0 Å². The molecule has 0 saturated heterocycles. The number of carbonyl (C=O) groups excluding carboxylic acids is 1. The van der Waals surface area contributed by atoms with E-state index in [4.69, 9.17) is 4.74 Å². The van der Waals surface area contributed by atoms with Gasteiger partial charge in [-0.15, -0.1) is 0 Å². The van der Waals surface area contributed by atoms with Crippen molar-refractivity contribution in [1.29, 1.82) is 0 Å². The van der Waals surface area contributed by atoms with E-state index in [1.165, 1.54) is 0 Å². The van der Waals surface area contributed by atoms with Gasteiger partial charge in [0.2, 0.25) is 0 Å². The molecule has 0 heterocycles. The molecule has 0 aromatic heterocycles. The molecule has 0 saturated carbocycles. The van der Waals surface area contributed by atoms with Crippen LogP contribution in [0.25, 0.3) is 0 Å². The summed E-state index contributed by atoms with van der Waals surface area (Å²) in [5.74, 6) is -0.256. The third-order valence-corrected chi connectivity index (χ3v) is 1.95. The van der Waals surface area contributed by atoms with Crippen molar-refractivity contribution in [2.24, 2.45) is 0 Å². The Balaban J connectivity index is 2.20. The third kappa shape index (κ3) is 4.61. The highest BCUT2D eigenvalue weighted by Crippen LogP contribution is 2.00. The Bertz CT molecular complexity index is 285. The van der Waals surface area contributed by atoms with E-state index in [0.29, 0.717) is 18.7 Å². The van der Waals surface area contributed by atoms with E-state index in [1.54, 1.807) is 12.1 Å². The maximum Gasteiger partial charge on any atom is 0.338 e. The summed E-state index contributed by atoms with van der Waals surface area (Å²) >= 11 is 0. The second-order valence-corrected chi connectivity index (χ2v) is 3.25. The molecular weight excluding hydrogens is 190 g/mol. The quantitative estimate of drug-likeness (QED) is 0.571. The van der Waals surface area contributed by atoms with Crippen LogP contribution in [0.4, 0.5) is 0 Å². The molecule has 82 valence electrons. The highest BCUT2D eigenvalue weighted by atomic mass is 16.5. The van der Waals surface area contributed by atoms with Gasteiger partial charge in [0, 0.05) is 6.54 Å². The van der Waals surface area contributed by atoms with Crippen molar-refractivity contribution < 1.29 is 9.53 Å². The monoisotopic (exact) mass is 207 g/mol. The fraction of sp³-hybridized carbons (Fsp3) is 0.417. The number of ether oxygens (including phenoxy) is 1. The number of hydrogen-bond donors (Lipinski definition) is 1. The first-order chi connectivity index (χ1) is 7.34. The first-order valence-electron chi connectivity index (χ1n) is 5.27. The van der Waals surface area contributed by atoms with Crippen LogP contribution in [0.2, 0.25) is 0 Å². The highest BCUT2D eigenvalue weighted by Gasteiger charge is 2.04. The van der Waals surface area contributed by atoms with E-state index in [1.807, 2.05) is 18.2 Å². The first kappa shape index (κ1) is 11.7. The molecule has 1 aromatic rings. The number of nitrogens with one attached hydrogen (secondary N) is 1. The molecule has 3 nitrogen and oxygen atoms in total. The van der Waals surface area contributed by atoms with Crippen molar-refractivity contribution in [1.82, 2.24) is 5.32 Å². The molecular formula is C12H17NO2. The molecule has 1 rings (SSSR count). The molecule has 15 heavy (non-hydrogen) atoms. The molecule has 0 spiro atoms. The lowest BCUT2D eigenvalue weighted by molar-refractivity contribution is 0.0509. The molecule has 0 bridgehead atoms. The maximum absolute atomic E-state index is 11.4. The number of carbonyl (C=O) groups is 1. The van der Waals surface area contributed by atoms with Crippen LogP contribution in [0.15, 0.2) is 30.3 Å². The first-order valence-corrected chi connectivity index (χ1v) is 5.27. The zero-order chi connectivity index (χ0) is 10.9. The zero-order valence-corrected chi connectivity index (χ0v) is 9.03. The summed E-state index contributed by atoms with van der Waals surface area (Å²) < 4.78 is 5.07. The Hall–Kier alpha value is -1.35. The normalized spacial score (nSPS) is 9.93. The fourth-order valence-corrected chi connectivity index (χ4v) is 1.18. The second kappa shape index (κ2) is 7.01. The van der Waals surface area contributed by atoms with Crippen molar-refractivity contribution in [3.05, 3.63) is 35.9 Å². The second-order valence-electron chi connectivity index (χ2n) is 3.25. The molecule has 3 heteroatoms. The van der Waals surface area contributed by atoms with Crippen molar-refractivity contribution in [2.45, 2.75) is 13.3 Å². The summed E-state index contributed by atoms with van der Waals surface area (Å²) in [4.78, 5) is 11.4. The van der Waals surface area contributed by atoms with Gasteiger partial charge in [0.25, 0.3) is 0 Å². The molecule has 0 aliphatic carbocycles. The van der Waals surface area contributed by atoms with E-state index >= 15 is 0 Å². The van der Waals surface area contributed by atoms with E-state index in [-0.39, 0.29) is 5.97 Å². The molecule has 0 aliphatic heterocycles. The van der Waals surface area contributed by atoms with Crippen LogP contribution in [0.1, 0.15) is 23.7 Å². The highest BCUT2D eigenvalue weighted by molar-refractivity contribution is 5.89. The molecule has 0 fully saturated rings. The summed E-state index contributed by atoms with van der Waals surface area (Å²) in [7, 11) is 0. The average molecular weight is 207 g/mol. The van der Waals surface area contributed by atoms with Crippen LogP contribution in [0, 0.1) is 0 Å². The van der Waals surface area contributed by atoms with Crippen LogP contribution < -0.4 is 5.32 Å². The predicted molar refractivity (Wildman–Crippen MR) is 59.9 cm³/mol. The zero-order valence-electron chi connectivity index (χ0n) is 9.03. The molecule has 0 radical (unpaired) electrons. The van der Waals surface area contributed by atoms with Crippen molar-refractivity contribution in [3.63, 3.8) is 0 Å². The number of benzene rings is 1. The molecule has 0 unspecified atom stereocenters. The van der Waals surface area contributed by atoms with Gasteiger partial charge < -0.3 is 10.1 Å². The molecule has 0 aliphatic rings. The number of rotatable bonds is 6. The van der Waals surface area contributed by atoms with Gasteiger partial charge in [-0.25, -0.2) is 4.79 Å². The predicted octanol–water partition coefficient (Wildman–Crippen LogP) is 1.84. The summed E-state index contributed by atoms with van der Waals surface area (Å²) in [6.07, 6.45) is 1.09. The van der Waals surface area contributed by atoms with E-state index in [0.717, 1.165) is 13.0 Å². The minimum absolute atomic E-state index is 0.256. The average Bonchev–Trinajstić information content (AvgIpc) is 2.30. The van der Waals surface area contributed by atoms with Crippen LogP contribution in [-0.4, -0.2) is 25.7 Å². The summed E-state index contributed by atoms with van der Waals surface area (Å²) in [6.45, 7) is 4.20. The van der Waals surface area contributed by atoms with E-state index in [2.05, 4.69) is 12.2 Å². The number of esters is 1. The molecule has 0 amide bonds. The largest absolute Gasteiger partial charge is 0.461 e. The van der Waals surface area contributed by atoms with Gasteiger partial charge in [-0.2, -0.15) is 0 Å². The van der Waals surface area contributed by atoms with Gasteiger partial charge in [-0.3, -0.25) is 0 Å². The van der Waals surface area contributed by atoms with Gasteiger partial charge in [0.15, 0.2) is 0 Å². The van der Waals surface area contributed by atoms with Gasteiger partial charge in [-0.1, -0.05) is 25.1 Å². The van der Waals surface area contributed by atoms with Gasteiger partial charge in [-0.05, 0) is 25.1 Å². The molecule has 1 aromatic carbocycles. The van der Waals surface area contributed by atoms with Crippen molar-refractivity contribution >= 4 is 5.97 Å². The lowest BCUT2D eigenvalue weighted by Crippen LogP contribution is -2.22. The Morgan fingerprint density at radius 1 is 1.27 bits per heavy atom. The third-order valence-electron chi connectivity index (χ3n) is 1.95. The Morgan fingerprint density at radius 3 is 2.67 bits per heavy atom. The van der Waals surface area contributed by atoms with Gasteiger partial charge >= 0.3 is 5.97 Å². The standard InChI is InChI=1S/C12H17NO2/c1-2-8-13-9-10-15-12(14)11-6-4-3-5-7-11/h3-7,13H,2,8-10H2,1H3.